The van der Waals surface area contributed by atoms with Crippen molar-refractivity contribution in [1.82, 2.24) is 4.98 Å². The molecule has 0 aliphatic heterocycles. The molecule has 1 aliphatic carbocycles. The van der Waals surface area contributed by atoms with Crippen LogP contribution in [0.3, 0.4) is 0 Å². The number of rotatable bonds is 2. The predicted octanol–water partition coefficient (Wildman–Crippen LogP) is 3.48. The molecule has 3 N–H and O–H groups in total. The van der Waals surface area contributed by atoms with Gasteiger partial charge in [0, 0.05) is 28.2 Å². The number of hydrogen-bond acceptors (Lipinski definition) is 3. The average molecular weight is 241 g/mol. The van der Waals surface area contributed by atoms with Crippen molar-refractivity contribution in [2.45, 2.75) is 38.6 Å². The molecule has 1 aliphatic rings. The molecule has 1 fully saturated rings. The fraction of sp³-hybridized carbons (Fsp3) is 0.400. The summed E-state index contributed by atoms with van der Waals surface area (Å²) in [7, 11) is 0. The van der Waals surface area contributed by atoms with Crippen LogP contribution in [0.1, 0.15) is 31.4 Å². The third kappa shape index (κ3) is 2.01. The van der Waals surface area contributed by atoms with Gasteiger partial charge in [-0.2, -0.15) is 0 Å². The lowest BCUT2D eigenvalue weighted by atomic mass is 10.1. The zero-order valence-corrected chi connectivity index (χ0v) is 10.7. The molecule has 0 bridgehead atoms. The highest BCUT2D eigenvalue weighted by Gasteiger charge is 2.16. The molecule has 0 unspecified atom stereocenters. The third-order valence-corrected chi connectivity index (χ3v) is 3.73. The van der Waals surface area contributed by atoms with Crippen LogP contribution in [-0.4, -0.2) is 11.0 Å². The zero-order chi connectivity index (χ0) is 12.5. The first-order valence-corrected chi connectivity index (χ1v) is 6.66. The number of pyridine rings is 1. The monoisotopic (exact) mass is 241 g/mol. The summed E-state index contributed by atoms with van der Waals surface area (Å²) in [6.45, 7) is 2.02. The van der Waals surface area contributed by atoms with Crippen molar-refractivity contribution >= 4 is 22.3 Å². The van der Waals surface area contributed by atoms with Gasteiger partial charge in [0.15, 0.2) is 0 Å². The van der Waals surface area contributed by atoms with Gasteiger partial charge in [0.1, 0.15) is 5.82 Å². The number of nitrogens with zero attached hydrogens (tertiary/aromatic N) is 1. The molecular weight excluding hydrogens is 222 g/mol. The Bertz CT molecular complexity index is 571. The van der Waals surface area contributed by atoms with Crippen LogP contribution in [0.4, 0.5) is 11.5 Å². The van der Waals surface area contributed by atoms with Crippen LogP contribution in [0, 0.1) is 6.92 Å². The second-order valence-electron chi connectivity index (χ2n) is 5.18. The van der Waals surface area contributed by atoms with Gasteiger partial charge in [0.2, 0.25) is 0 Å². The molecule has 94 valence electrons. The second kappa shape index (κ2) is 4.48. The molecule has 1 saturated carbocycles. The van der Waals surface area contributed by atoms with Gasteiger partial charge in [-0.05, 0) is 31.9 Å². The Kier molecular flexibility index (Phi) is 2.82. The van der Waals surface area contributed by atoms with Crippen molar-refractivity contribution in [3.63, 3.8) is 0 Å². The van der Waals surface area contributed by atoms with Crippen LogP contribution >= 0.6 is 0 Å². The van der Waals surface area contributed by atoms with Crippen LogP contribution in [0.5, 0.6) is 0 Å². The van der Waals surface area contributed by atoms with Gasteiger partial charge in [-0.3, -0.25) is 0 Å². The van der Waals surface area contributed by atoms with E-state index < -0.39 is 0 Å². The van der Waals surface area contributed by atoms with E-state index in [1.807, 2.05) is 19.1 Å². The van der Waals surface area contributed by atoms with Crippen molar-refractivity contribution < 1.29 is 0 Å². The Hall–Kier alpha value is -1.77. The molecule has 0 radical (unpaired) electrons. The van der Waals surface area contributed by atoms with Gasteiger partial charge in [-0.15, -0.1) is 0 Å². The van der Waals surface area contributed by atoms with Gasteiger partial charge >= 0.3 is 0 Å². The molecule has 3 nitrogen and oxygen atoms in total. The Balaban J connectivity index is 2.06. The second-order valence-corrected chi connectivity index (χ2v) is 5.18. The minimum absolute atomic E-state index is 0.573. The summed E-state index contributed by atoms with van der Waals surface area (Å²) in [6, 6.07) is 8.67. The number of aromatic nitrogens is 1. The van der Waals surface area contributed by atoms with Gasteiger partial charge in [-0.25, -0.2) is 4.98 Å². The fourth-order valence-electron chi connectivity index (χ4n) is 2.80. The van der Waals surface area contributed by atoms with Crippen LogP contribution in [0.25, 0.3) is 10.8 Å². The average Bonchev–Trinajstić information content (AvgIpc) is 2.83. The molecule has 0 amide bonds. The van der Waals surface area contributed by atoms with E-state index in [0.717, 1.165) is 28.0 Å². The zero-order valence-electron chi connectivity index (χ0n) is 10.7. The lowest BCUT2D eigenvalue weighted by Crippen LogP contribution is -2.16. The van der Waals surface area contributed by atoms with E-state index in [1.165, 1.54) is 25.7 Å². The summed E-state index contributed by atoms with van der Waals surface area (Å²) in [5.74, 6) is 0.990. The van der Waals surface area contributed by atoms with Crippen molar-refractivity contribution in [2.24, 2.45) is 0 Å². The highest BCUT2D eigenvalue weighted by Crippen LogP contribution is 2.29. The van der Waals surface area contributed by atoms with Crippen LogP contribution in [-0.2, 0) is 0 Å². The van der Waals surface area contributed by atoms with Crippen molar-refractivity contribution in [1.29, 1.82) is 0 Å². The van der Waals surface area contributed by atoms with E-state index in [0.29, 0.717) is 6.04 Å². The molecule has 2 aromatic rings. The van der Waals surface area contributed by atoms with Crippen molar-refractivity contribution in [3.8, 4) is 0 Å². The standard InChI is InChI=1S/C15H19N3/c1-10-9-13-12(7-4-8-14(13)16)15(17-10)18-11-5-2-3-6-11/h4,7-9,11H,2-3,5-6,16H2,1H3,(H,17,18). The van der Waals surface area contributed by atoms with Crippen LogP contribution in [0.2, 0.25) is 0 Å². The number of nitrogens with one attached hydrogen (secondary N) is 1. The van der Waals surface area contributed by atoms with E-state index >= 15 is 0 Å². The highest BCUT2D eigenvalue weighted by molar-refractivity contribution is 5.99. The smallest absolute Gasteiger partial charge is 0.134 e. The Morgan fingerprint density at radius 1 is 1.22 bits per heavy atom. The van der Waals surface area contributed by atoms with E-state index in [2.05, 4.69) is 22.4 Å². The summed E-state index contributed by atoms with van der Waals surface area (Å²) in [6.07, 6.45) is 5.14. The molecule has 1 heterocycles. The number of hydrogen-bond donors (Lipinski definition) is 2. The molecule has 0 spiro atoms. The quantitative estimate of drug-likeness (QED) is 0.791. The topological polar surface area (TPSA) is 50.9 Å². The largest absolute Gasteiger partial charge is 0.398 e. The molecule has 18 heavy (non-hydrogen) atoms. The highest BCUT2D eigenvalue weighted by atomic mass is 15.0. The van der Waals surface area contributed by atoms with Gasteiger partial charge < -0.3 is 11.1 Å². The lowest BCUT2D eigenvalue weighted by Gasteiger charge is -2.16. The summed E-state index contributed by atoms with van der Waals surface area (Å²) < 4.78 is 0. The van der Waals surface area contributed by atoms with E-state index in [-0.39, 0.29) is 0 Å². The molecule has 3 rings (SSSR count). The summed E-state index contributed by atoms with van der Waals surface area (Å²) in [5, 5.41) is 5.82. The van der Waals surface area contributed by atoms with Crippen molar-refractivity contribution in [2.75, 3.05) is 11.1 Å². The van der Waals surface area contributed by atoms with E-state index in [4.69, 9.17) is 5.73 Å². The maximum absolute atomic E-state index is 6.05. The minimum atomic E-state index is 0.573. The van der Waals surface area contributed by atoms with Crippen LogP contribution in [0.15, 0.2) is 24.3 Å². The van der Waals surface area contributed by atoms with Gasteiger partial charge in [0.05, 0.1) is 0 Å². The number of nitrogen functional groups attached to an aromatic ring is 1. The number of nitrogens with two attached hydrogens (primary N) is 1. The number of benzene rings is 1. The molecule has 1 aromatic heterocycles. The number of aryl methyl sites for hydroxylation is 1. The maximum atomic E-state index is 6.05. The van der Waals surface area contributed by atoms with E-state index in [9.17, 15) is 0 Å². The Morgan fingerprint density at radius 2 is 2.00 bits per heavy atom. The van der Waals surface area contributed by atoms with Gasteiger partial charge in [-0.1, -0.05) is 25.0 Å². The normalized spacial score (nSPS) is 16.3. The Labute approximate surface area is 107 Å². The molecule has 3 heteroatoms. The summed E-state index contributed by atoms with van der Waals surface area (Å²) >= 11 is 0. The number of fused-ring (bicyclic) bond motifs is 1. The van der Waals surface area contributed by atoms with Crippen LogP contribution < -0.4 is 11.1 Å². The summed E-state index contributed by atoms with van der Waals surface area (Å²) in [4.78, 5) is 4.64. The minimum Gasteiger partial charge on any atom is -0.398 e. The summed E-state index contributed by atoms with van der Waals surface area (Å²) in [5.41, 5.74) is 7.89. The predicted molar refractivity (Wildman–Crippen MR) is 76.8 cm³/mol. The molecule has 0 saturated heterocycles. The lowest BCUT2D eigenvalue weighted by molar-refractivity contribution is 0.751. The maximum Gasteiger partial charge on any atom is 0.134 e. The fourth-order valence-corrected chi connectivity index (χ4v) is 2.80. The van der Waals surface area contributed by atoms with Gasteiger partial charge in [0.25, 0.3) is 0 Å². The molecular formula is C15H19N3. The Morgan fingerprint density at radius 3 is 2.78 bits per heavy atom. The first-order valence-electron chi connectivity index (χ1n) is 6.66. The third-order valence-electron chi connectivity index (χ3n) is 3.73. The first kappa shape index (κ1) is 11.3. The number of anilines is 2. The van der Waals surface area contributed by atoms with E-state index in [1.54, 1.807) is 0 Å². The molecule has 0 atom stereocenters. The van der Waals surface area contributed by atoms with Crippen molar-refractivity contribution in [3.05, 3.63) is 30.0 Å². The first-order chi connectivity index (χ1) is 8.74. The SMILES string of the molecule is Cc1cc2c(N)cccc2c(NC2CCCC2)n1. The molecule has 1 aromatic carbocycles.